The minimum absolute atomic E-state index is 0. The predicted octanol–water partition coefficient (Wildman–Crippen LogP) is 9.96. The quantitative estimate of drug-likeness (QED) is 0.188. The Kier molecular flexibility index (Phi) is 8.72. The van der Waals surface area contributed by atoms with Crippen LogP contribution in [0.5, 0.6) is 0 Å². The molecule has 0 saturated carbocycles. The van der Waals surface area contributed by atoms with Crippen LogP contribution in [0.1, 0.15) is 89.1 Å². The van der Waals surface area contributed by atoms with Gasteiger partial charge in [0, 0.05) is 0 Å². The second kappa shape index (κ2) is 11.0. The van der Waals surface area contributed by atoms with Crippen molar-refractivity contribution in [2.75, 3.05) is 0 Å². The van der Waals surface area contributed by atoms with Crippen LogP contribution in [-0.2, 0) is 28.2 Å². The van der Waals surface area contributed by atoms with Crippen molar-refractivity contribution in [3.8, 4) is 11.1 Å². The van der Waals surface area contributed by atoms with E-state index in [0.717, 1.165) is 0 Å². The van der Waals surface area contributed by atoms with Crippen molar-refractivity contribution in [1.29, 1.82) is 0 Å². The number of halogens is 2. The van der Waals surface area contributed by atoms with E-state index in [-0.39, 0.29) is 35.6 Å². The zero-order valence-corrected chi connectivity index (χ0v) is 31.9. The molecular formula is C38H46Cl2SiZr. The third-order valence-corrected chi connectivity index (χ3v) is 33.5. The number of allylic oxidation sites excluding steroid dienone is 1. The minimum Gasteiger partial charge on any atom is -0.147 e. The first-order chi connectivity index (χ1) is 18.7. The van der Waals surface area contributed by atoms with Crippen LogP contribution in [0.15, 0.2) is 96.6 Å². The smallest absolute Gasteiger partial charge is 0.147 e. The van der Waals surface area contributed by atoms with Gasteiger partial charge in [-0.2, -0.15) is 0 Å². The molecule has 220 valence electrons. The van der Waals surface area contributed by atoms with Gasteiger partial charge in [0.15, 0.2) is 0 Å². The number of hydrogen-bond donors (Lipinski definition) is 0. The van der Waals surface area contributed by atoms with E-state index in [4.69, 9.17) is 0 Å². The molecule has 2 aliphatic rings. The second-order valence-electron chi connectivity index (χ2n) is 15.1. The molecule has 4 aromatic carbocycles. The number of rotatable bonds is 3. The molecule has 0 bridgehead atoms. The predicted molar refractivity (Wildman–Crippen MR) is 189 cm³/mol. The zero-order chi connectivity index (χ0) is 28.7. The van der Waals surface area contributed by atoms with Gasteiger partial charge in [0.05, 0.1) is 0 Å². The summed E-state index contributed by atoms with van der Waals surface area (Å²) in [5.41, 5.74) is 13.6. The maximum absolute atomic E-state index is 4.10. The van der Waals surface area contributed by atoms with E-state index >= 15 is 0 Å². The van der Waals surface area contributed by atoms with Crippen LogP contribution in [0.25, 0.3) is 17.2 Å². The van der Waals surface area contributed by atoms with E-state index in [1.807, 2.05) is 0 Å². The average molecular weight is 693 g/mol. The molecular weight excluding hydrogens is 647 g/mol. The first-order valence-electron chi connectivity index (χ1n) is 14.9. The van der Waals surface area contributed by atoms with Gasteiger partial charge in [0.1, 0.15) is 0 Å². The summed E-state index contributed by atoms with van der Waals surface area (Å²) in [5, 5.41) is 0. The fraction of sp³-hybridized carbons (Fsp3) is 0.316. The summed E-state index contributed by atoms with van der Waals surface area (Å²) < 4.78 is 5.26. The molecule has 4 heteroatoms. The monoisotopic (exact) mass is 690 g/mol. The van der Waals surface area contributed by atoms with Gasteiger partial charge in [-0.3, -0.25) is 0 Å². The van der Waals surface area contributed by atoms with Crippen LogP contribution in [-0.4, -0.2) is 6.88 Å². The minimum atomic E-state index is -4.10. The van der Waals surface area contributed by atoms with Crippen LogP contribution in [0.3, 0.4) is 0 Å². The SMILES string of the molecule is CC1=Cc2ccccc2[CH]1[Zr]([CH3])(=[SiH2])([c]1ccccc1)[CH]1c2cc(C(C)(C)C)ccc2-c2ccc(C(C)(C)C)cc21.Cl.Cl. The summed E-state index contributed by atoms with van der Waals surface area (Å²) >= 11 is -4.10. The van der Waals surface area contributed by atoms with E-state index in [0.29, 0.717) is 7.25 Å². The average Bonchev–Trinajstić information content (AvgIpc) is 3.42. The van der Waals surface area contributed by atoms with E-state index in [2.05, 4.69) is 157 Å². The van der Waals surface area contributed by atoms with Crippen molar-refractivity contribution < 1.29 is 17.4 Å². The Hall–Kier alpha value is -1.70. The summed E-state index contributed by atoms with van der Waals surface area (Å²) in [4.78, 5) is 0. The molecule has 6 rings (SSSR count). The fourth-order valence-electron chi connectivity index (χ4n) is 8.02. The Bertz CT molecular complexity index is 1690. The number of hydrogen-bond acceptors (Lipinski definition) is 0. The maximum Gasteiger partial charge on any atom is -0.147 e. The zero-order valence-electron chi connectivity index (χ0n) is 26.4. The number of fused-ring (bicyclic) bond motifs is 4. The molecule has 0 heterocycles. The molecule has 0 fully saturated rings. The Balaban J connectivity index is 0.00000202. The van der Waals surface area contributed by atoms with Gasteiger partial charge < -0.3 is 0 Å². The molecule has 0 saturated heterocycles. The van der Waals surface area contributed by atoms with Crippen molar-refractivity contribution >= 4 is 41.0 Å². The van der Waals surface area contributed by atoms with E-state index < -0.39 is 17.4 Å². The van der Waals surface area contributed by atoms with E-state index in [9.17, 15) is 0 Å². The normalized spacial score (nSPS) is 16.5. The number of benzene rings is 4. The molecule has 1 atom stereocenters. The van der Waals surface area contributed by atoms with Crippen LogP contribution in [0, 0.1) is 0 Å². The van der Waals surface area contributed by atoms with Crippen molar-refractivity contribution in [2.24, 2.45) is 0 Å². The maximum atomic E-state index is 2.79. The molecule has 0 aromatic heterocycles. The van der Waals surface area contributed by atoms with Gasteiger partial charge in [-0.25, -0.2) is 0 Å². The Labute approximate surface area is 268 Å². The molecule has 0 nitrogen and oxygen atoms in total. The van der Waals surface area contributed by atoms with Crippen LogP contribution in [0.2, 0.25) is 4.63 Å². The molecule has 0 radical (unpaired) electrons. The third-order valence-electron chi connectivity index (χ3n) is 10.1. The van der Waals surface area contributed by atoms with Gasteiger partial charge in [0.2, 0.25) is 0 Å². The molecule has 1 unspecified atom stereocenters. The molecule has 4 aromatic rings. The summed E-state index contributed by atoms with van der Waals surface area (Å²) in [6.07, 6.45) is 2.49. The largest absolute Gasteiger partial charge is 0.147 e. The first kappa shape index (κ1) is 33.2. The Morgan fingerprint density at radius 1 is 0.595 bits per heavy atom. The van der Waals surface area contributed by atoms with Crippen LogP contribution >= 0.6 is 24.8 Å². The summed E-state index contributed by atoms with van der Waals surface area (Å²) in [7, 11) is 0. The molecule has 0 aliphatic heterocycles. The topological polar surface area (TPSA) is 0 Å². The molecule has 2 aliphatic carbocycles. The second-order valence-corrected chi connectivity index (χ2v) is 41.4. The van der Waals surface area contributed by atoms with Gasteiger partial charge >= 0.3 is 246 Å². The summed E-state index contributed by atoms with van der Waals surface area (Å²) in [6, 6.07) is 35.8. The van der Waals surface area contributed by atoms with Crippen molar-refractivity contribution in [2.45, 2.75) is 71.2 Å². The van der Waals surface area contributed by atoms with Gasteiger partial charge in [-0.05, 0) is 0 Å². The van der Waals surface area contributed by atoms with E-state index in [1.54, 1.807) is 25.5 Å². The van der Waals surface area contributed by atoms with Crippen molar-refractivity contribution in [1.82, 2.24) is 0 Å². The summed E-state index contributed by atoms with van der Waals surface area (Å²) in [6.45, 7) is 19.0. The third kappa shape index (κ3) is 4.99. The molecule has 0 N–H and O–H groups in total. The summed E-state index contributed by atoms with van der Waals surface area (Å²) in [5.74, 6) is 0. The molecule has 0 amide bonds. The van der Waals surface area contributed by atoms with Gasteiger partial charge in [-0.1, -0.05) is 0 Å². The Morgan fingerprint density at radius 2 is 1.07 bits per heavy atom. The van der Waals surface area contributed by atoms with Gasteiger partial charge in [-0.15, -0.1) is 24.8 Å². The first-order valence-corrected chi connectivity index (χ1v) is 27.3. The standard InChI is InChI=1S/C21H25.C10H9.C6H5.CH3.2ClH.H2Si.Zr/c1-20(2,3)16-7-9-18-14(12-16)11-15-13-17(21(4,5)6)8-10-19(15)18;1-8-6-9-4-2-3-5-10(9)7-8;1-2-4-6-5-3-1;;;;;/h7-13H,1-6H3;2-7H,1H3;1-5H;1H3;2*1H;1H2;. The molecule has 42 heavy (non-hydrogen) atoms. The molecule has 0 spiro atoms. The fourth-order valence-corrected chi connectivity index (χ4v) is 32.0. The van der Waals surface area contributed by atoms with Crippen LogP contribution < -0.4 is 3.27 Å². The van der Waals surface area contributed by atoms with Crippen molar-refractivity contribution in [3.05, 3.63) is 130 Å². The van der Waals surface area contributed by atoms with E-state index in [1.165, 1.54) is 27.8 Å². The van der Waals surface area contributed by atoms with Gasteiger partial charge in [0.25, 0.3) is 0 Å². The Morgan fingerprint density at radius 3 is 1.57 bits per heavy atom. The van der Waals surface area contributed by atoms with Crippen molar-refractivity contribution in [3.63, 3.8) is 0 Å². The van der Waals surface area contributed by atoms with Crippen LogP contribution in [0.4, 0.5) is 0 Å².